The van der Waals surface area contributed by atoms with Gasteiger partial charge in [0.05, 0.1) is 13.2 Å². The molecule has 0 aromatic heterocycles. The molecular formula is C10H21N3O. The molecule has 1 N–H and O–H groups in total. The predicted octanol–water partition coefficient (Wildman–Crippen LogP) is -0.0381. The highest BCUT2D eigenvalue weighted by atomic mass is 16.2. The molecule has 1 amide bonds. The molecule has 1 rings (SSSR count). The van der Waals surface area contributed by atoms with Gasteiger partial charge in [-0.25, -0.2) is 0 Å². The van der Waals surface area contributed by atoms with Gasteiger partial charge in [-0.3, -0.25) is 10.1 Å². The van der Waals surface area contributed by atoms with E-state index >= 15 is 0 Å². The third-order valence-corrected chi connectivity index (χ3v) is 2.60. The maximum absolute atomic E-state index is 11.5. The Morgan fingerprint density at radius 2 is 2.14 bits per heavy atom. The molecule has 0 aromatic carbocycles. The third-order valence-electron chi connectivity index (χ3n) is 2.60. The van der Waals surface area contributed by atoms with Crippen molar-refractivity contribution in [3.8, 4) is 0 Å². The minimum atomic E-state index is 0.227. The SMILES string of the molecule is CC(C)C(CN(C)C)N1CNCC1=O. The van der Waals surface area contributed by atoms with E-state index in [-0.39, 0.29) is 5.91 Å². The highest BCUT2D eigenvalue weighted by Gasteiger charge is 2.29. The smallest absolute Gasteiger partial charge is 0.237 e. The maximum Gasteiger partial charge on any atom is 0.237 e. The minimum absolute atomic E-state index is 0.227. The van der Waals surface area contributed by atoms with Crippen LogP contribution < -0.4 is 5.32 Å². The van der Waals surface area contributed by atoms with Crippen LogP contribution in [0.1, 0.15) is 13.8 Å². The molecule has 0 saturated carbocycles. The molecule has 4 nitrogen and oxygen atoms in total. The van der Waals surface area contributed by atoms with Crippen LogP contribution in [0.3, 0.4) is 0 Å². The molecule has 1 aliphatic rings. The second-order valence-corrected chi connectivity index (χ2v) is 4.52. The second-order valence-electron chi connectivity index (χ2n) is 4.52. The van der Waals surface area contributed by atoms with Crippen molar-refractivity contribution >= 4 is 5.91 Å². The molecule has 0 aliphatic carbocycles. The highest BCUT2D eigenvalue weighted by Crippen LogP contribution is 2.13. The lowest BCUT2D eigenvalue weighted by atomic mass is 10.0. The van der Waals surface area contributed by atoms with Crippen LogP contribution in [0.4, 0.5) is 0 Å². The van der Waals surface area contributed by atoms with E-state index in [9.17, 15) is 4.79 Å². The summed E-state index contributed by atoms with van der Waals surface area (Å²) in [6, 6.07) is 0.326. The van der Waals surface area contributed by atoms with Gasteiger partial charge in [-0.05, 0) is 20.0 Å². The van der Waals surface area contributed by atoms with Crippen LogP contribution in [0, 0.1) is 5.92 Å². The number of nitrogens with zero attached hydrogens (tertiary/aromatic N) is 2. The molecule has 0 spiro atoms. The summed E-state index contributed by atoms with van der Waals surface area (Å²) in [5, 5.41) is 3.09. The van der Waals surface area contributed by atoms with Gasteiger partial charge in [0.2, 0.25) is 5.91 Å². The van der Waals surface area contributed by atoms with Crippen molar-refractivity contribution < 1.29 is 4.79 Å². The van der Waals surface area contributed by atoms with E-state index in [2.05, 4.69) is 24.1 Å². The molecule has 82 valence electrons. The molecule has 0 radical (unpaired) electrons. The topological polar surface area (TPSA) is 35.6 Å². The average molecular weight is 199 g/mol. The Bertz CT molecular complexity index is 204. The number of amides is 1. The molecular weight excluding hydrogens is 178 g/mol. The monoisotopic (exact) mass is 199 g/mol. The summed E-state index contributed by atoms with van der Waals surface area (Å²) in [6.07, 6.45) is 0. The van der Waals surface area contributed by atoms with Gasteiger partial charge in [-0.15, -0.1) is 0 Å². The van der Waals surface area contributed by atoms with Crippen molar-refractivity contribution in [3.63, 3.8) is 0 Å². The van der Waals surface area contributed by atoms with Crippen LogP contribution >= 0.6 is 0 Å². The Morgan fingerprint density at radius 1 is 1.50 bits per heavy atom. The molecule has 0 aromatic rings. The fraction of sp³-hybridized carbons (Fsp3) is 0.900. The standard InChI is InChI=1S/C10H21N3O/c1-8(2)9(6-12(3)4)13-7-11-5-10(13)14/h8-9,11H,5-7H2,1-4H3. The molecule has 4 heteroatoms. The number of carbonyl (C=O) groups excluding carboxylic acids is 1. The normalized spacial score (nSPS) is 19.9. The van der Waals surface area contributed by atoms with Crippen molar-refractivity contribution in [2.75, 3.05) is 33.9 Å². The lowest BCUT2D eigenvalue weighted by Gasteiger charge is -2.32. The Balaban J connectivity index is 2.61. The third kappa shape index (κ3) is 2.69. The number of carbonyl (C=O) groups is 1. The fourth-order valence-corrected chi connectivity index (χ4v) is 1.82. The first kappa shape index (κ1) is 11.5. The van der Waals surface area contributed by atoms with Gasteiger partial charge in [-0.2, -0.15) is 0 Å². The first-order valence-electron chi connectivity index (χ1n) is 5.17. The summed E-state index contributed by atoms with van der Waals surface area (Å²) in [4.78, 5) is 15.6. The van der Waals surface area contributed by atoms with E-state index in [0.717, 1.165) is 6.54 Å². The van der Waals surface area contributed by atoms with Crippen molar-refractivity contribution in [2.45, 2.75) is 19.9 Å². The van der Waals surface area contributed by atoms with E-state index < -0.39 is 0 Å². The first-order chi connectivity index (χ1) is 6.52. The lowest BCUT2D eigenvalue weighted by molar-refractivity contribution is -0.129. The van der Waals surface area contributed by atoms with Crippen molar-refractivity contribution in [2.24, 2.45) is 5.92 Å². The number of nitrogens with one attached hydrogen (secondary N) is 1. The average Bonchev–Trinajstić information content (AvgIpc) is 2.46. The van der Waals surface area contributed by atoms with Crippen LogP contribution in [0.15, 0.2) is 0 Å². The zero-order valence-electron chi connectivity index (χ0n) is 9.58. The molecule has 1 atom stereocenters. The van der Waals surface area contributed by atoms with Crippen molar-refractivity contribution in [3.05, 3.63) is 0 Å². The Kier molecular flexibility index (Phi) is 3.89. The van der Waals surface area contributed by atoms with Crippen LogP contribution in [-0.4, -0.2) is 55.6 Å². The van der Waals surface area contributed by atoms with Gasteiger partial charge in [-0.1, -0.05) is 13.8 Å². The van der Waals surface area contributed by atoms with Gasteiger partial charge in [0.15, 0.2) is 0 Å². The van der Waals surface area contributed by atoms with Crippen LogP contribution in [-0.2, 0) is 4.79 Å². The van der Waals surface area contributed by atoms with Gasteiger partial charge in [0, 0.05) is 12.6 Å². The summed E-state index contributed by atoms with van der Waals surface area (Å²) in [7, 11) is 4.09. The van der Waals surface area contributed by atoms with E-state index in [1.54, 1.807) is 0 Å². The first-order valence-corrected chi connectivity index (χ1v) is 5.17. The Labute approximate surface area is 86.2 Å². The van der Waals surface area contributed by atoms with Crippen molar-refractivity contribution in [1.29, 1.82) is 0 Å². The van der Waals surface area contributed by atoms with Crippen LogP contribution in [0.2, 0.25) is 0 Å². The van der Waals surface area contributed by atoms with E-state index in [1.807, 2.05) is 19.0 Å². The number of hydrogen-bond acceptors (Lipinski definition) is 3. The van der Waals surface area contributed by atoms with E-state index in [1.165, 1.54) is 0 Å². The molecule has 1 aliphatic heterocycles. The molecule has 1 saturated heterocycles. The van der Waals surface area contributed by atoms with Gasteiger partial charge < -0.3 is 9.80 Å². The van der Waals surface area contributed by atoms with E-state index in [4.69, 9.17) is 0 Å². The predicted molar refractivity (Wildman–Crippen MR) is 56.9 cm³/mol. The zero-order valence-corrected chi connectivity index (χ0v) is 9.58. The fourth-order valence-electron chi connectivity index (χ4n) is 1.82. The Morgan fingerprint density at radius 3 is 2.50 bits per heavy atom. The van der Waals surface area contributed by atoms with Crippen LogP contribution in [0.25, 0.3) is 0 Å². The summed E-state index contributed by atoms with van der Waals surface area (Å²) in [5.74, 6) is 0.729. The number of hydrogen-bond donors (Lipinski definition) is 1. The second kappa shape index (κ2) is 4.75. The van der Waals surface area contributed by atoms with Gasteiger partial charge in [0.1, 0.15) is 0 Å². The maximum atomic E-state index is 11.5. The molecule has 0 bridgehead atoms. The van der Waals surface area contributed by atoms with Gasteiger partial charge in [0.25, 0.3) is 0 Å². The summed E-state index contributed by atoms with van der Waals surface area (Å²) in [6.45, 7) is 6.47. The minimum Gasteiger partial charge on any atom is -0.324 e. The molecule has 1 fully saturated rings. The largest absolute Gasteiger partial charge is 0.324 e. The summed E-state index contributed by atoms with van der Waals surface area (Å²) < 4.78 is 0. The van der Waals surface area contributed by atoms with Crippen molar-refractivity contribution in [1.82, 2.24) is 15.1 Å². The molecule has 1 heterocycles. The summed E-state index contributed by atoms with van der Waals surface area (Å²) in [5.41, 5.74) is 0. The highest BCUT2D eigenvalue weighted by molar-refractivity contribution is 5.80. The number of rotatable bonds is 4. The molecule has 14 heavy (non-hydrogen) atoms. The quantitative estimate of drug-likeness (QED) is 0.690. The van der Waals surface area contributed by atoms with Gasteiger partial charge >= 0.3 is 0 Å². The lowest BCUT2D eigenvalue weighted by Crippen LogP contribution is -2.46. The number of likely N-dealkylation sites (N-methyl/N-ethyl adjacent to an activating group) is 1. The Hall–Kier alpha value is -0.610. The zero-order chi connectivity index (χ0) is 10.7. The summed E-state index contributed by atoms with van der Waals surface area (Å²) >= 11 is 0. The van der Waals surface area contributed by atoms with E-state index in [0.29, 0.717) is 25.2 Å². The molecule has 1 unspecified atom stereocenters. The van der Waals surface area contributed by atoms with Crippen LogP contribution in [0.5, 0.6) is 0 Å².